The van der Waals surface area contributed by atoms with E-state index in [-0.39, 0.29) is 0 Å². The van der Waals surface area contributed by atoms with Crippen molar-refractivity contribution in [1.29, 1.82) is 0 Å². The van der Waals surface area contributed by atoms with Gasteiger partial charge in [0, 0.05) is 6.54 Å². The summed E-state index contributed by atoms with van der Waals surface area (Å²) in [6.07, 6.45) is 4.00. The Balaban J connectivity index is 1.72. The first-order valence-corrected chi connectivity index (χ1v) is 8.02. The van der Waals surface area contributed by atoms with E-state index in [0.717, 1.165) is 23.7 Å². The highest BCUT2D eigenvalue weighted by atomic mass is 16.5. The van der Waals surface area contributed by atoms with Crippen molar-refractivity contribution < 1.29 is 9.47 Å². The van der Waals surface area contributed by atoms with E-state index in [1.807, 2.05) is 24.3 Å². The number of ether oxygens (including phenoxy) is 2. The molecule has 118 valence electrons. The molecule has 1 aromatic carbocycles. The number of rotatable bonds is 6. The average Bonchev–Trinajstić information content (AvgIpc) is 2.42. The van der Waals surface area contributed by atoms with Gasteiger partial charge in [-0.15, -0.1) is 0 Å². The highest BCUT2D eigenvalue weighted by Gasteiger charge is 2.32. The van der Waals surface area contributed by atoms with Gasteiger partial charge in [0.05, 0.1) is 12.7 Å². The molecular formula is C18H29NO2. The third kappa shape index (κ3) is 5.33. The highest BCUT2D eigenvalue weighted by Crippen LogP contribution is 2.39. The normalized spacial score (nSPS) is 24.8. The Labute approximate surface area is 128 Å². The summed E-state index contributed by atoms with van der Waals surface area (Å²) in [6.45, 7) is 8.80. The molecule has 21 heavy (non-hydrogen) atoms. The lowest BCUT2D eigenvalue weighted by Crippen LogP contribution is -2.33. The van der Waals surface area contributed by atoms with Crippen molar-refractivity contribution in [1.82, 2.24) is 0 Å². The summed E-state index contributed by atoms with van der Waals surface area (Å²) < 4.78 is 11.8. The third-order valence-electron chi connectivity index (χ3n) is 4.19. The average molecular weight is 291 g/mol. The van der Waals surface area contributed by atoms with Crippen LogP contribution in [0.4, 0.5) is 0 Å². The number of hydrogen-bond acceptors (Lipinski definition) is 3. The van der Waals surface area contributed by atoms with Crippen LogP contribution >= 0.6 is 0 Å². The SMILES string of the molecule is CC1CC(OCCOc2cccc(CN)c2)CC(C)(C)C1. The fraction of sp³-hybridized carbons (Fsp3) is 0.667. The minimum absolute atomic E-state index is 0.378. The van der Waals surface area contributed by atoms with Gasteiger partial charge in [-0.25, -0.2) is 0 Å². The topological polar surface area (TPSA) is 44.5 Å². The number of benzene rings is 1. The third-order valence-corrected chi connectivity index (χ3v) is 4.19. The Morgan fingerprint density at radius 3 is 2.76 bits per heavy atom. The van der Waals surface area contributed by atoms with E-state index >= 15 is 0 Å². The zero-order valence-electron chi connectivity index (χ0n) is 13.6. The second kappa shape index (κ2) is 7.28. The summed E-state index contributed by atoms with van der Waals surface area (Å²) in [5, 5.41) is 0. The monoisotopic (exact) mass is 291 g/mol. The second-order valence-corrected chi connectivity index (χ2v) is 7.11. The molecule has 0 heterocycles. The van der Waals surface area contributed by atoms with Gasteiger partial charge in [0.1, 0.15) is 12.4 Å². The molecule has 0 aromatic heterocycles. The fourth-order valence-electron chi connectivity index (χ4n) is 3.52. The lowest BCUT2D eigenvalue weighted by Gasteiger charge is -2.38. The summed E-state index contributed by atoms with van der Waals surface area (Å²) in [5.41, 5.74) is 7.12. The molecule has 1 aliphatic carbocycles. The summed E-state index contributed by atoms with van der Waals surface area (Å²) in [6, 6.07) is 7.94. The number of nitrogens with two attached hydrogens (primary N) is 1. The molecule has 1 aromatic rings. The van der Waals surface area contributed by atoms with E-state index in [9.17, 15) is 0 Å². The van der Waals surface area contributed by atoms with Crippen molar-refractivity contribution in [3.8, 4) is 5.75 Å². The zero-order valence-corrected chi connectivity index (χ0v) is 13.6. The molecule has 3 nitrogen and oxygen atoms in total. The summed E-state index contributed by atoms with van der Waals surface area (Å²) in [4.78, 5) is 0. The van der Waals surface area contributed by atoms with Crippen LogP contribution in [-0.4, -0.2) is 19.3 Å². The quantitative estimate of drug-likeness (QED) is 0.812. The molecule has 0 saturated heterocycles. The Morgan fingerprint density at radius 1 is 1.24 bits per heavy atom. The van der Waals surface area contributed by atoms with Crippen molar-refractivity contribution >= 4 is 0 Å². The van der Waals surface area contributed by atoms with Gasteiger partial charge in [0.15, 0.2) is 0 Å². The zero-order chi connectivity index (χ0) is 15.3. The van der Waals surface area contributed by atoms with Crippen LogP contribution in [0.25, 0.3) is 0 Å². The van der Waals surface area contributed by atoms with Crippen LogP contribution < -0.4 is 10.5 Å². The van der Waals surface area contributed by atoms with E-state index in [1.165, 1.54) is 12.8 Å². The molecule has 1 aliphatic rings. The molecule has 2 rings (SSSR count). The maximum Gasteiger partial charge on any atom is 0.119 e. The standard InChI is InChI=1S/C18H29NO2/c1-14-9-17(12-18(2,3)11-14)21-8-7-20-16-6-4-5-15(10-16)13-19/h4-6,10,14,17H,7-9,11-13,19H2,1-3H3. The van der Waals surface area contributed by atoms with Crippen molar-refractivity contribution in [3.05, 3.63) is 29.8 Å². The summed E-state index contributed by atoms with van der Waals surface area (Å²) in [7, 11) is 0. The van der Waals surface area contributed by atoms with Crippen LogP contribution in [0.1, 0.15) is 45.6 Å². The largest absolute Gasteiger partial charge is 0.491 e. The molecule has 1 saturated carbocycles. The second-order valence-electron chi connectivity index (χ2n) is 7.11. The molecule has 0 spiro atoms. The molecule has 0 radical (unpaired) electrons. The fourth-order valence-corrected chi connectivity index (χ4v) is 3.52. The summed E-state index contributed by atoms with van der Waals surface area (Å²) >= 11 is 0. The molecule has 2 unspecified atom stereocenters. The molecule has 3 heteroatoms. The first kappa shape index (κ1) is 16.3. The van der Waals surface area contributed by atoms with Crippen LogP contribution in [0.2, 0.25) is 0 Å². The van der Waals surface area contributed by atoms with E-state index in [0.29, 0.717) is 31.3 Å². The Morgan fingerprint density at radius 2 is 2.05 bits per heavy atom. The minimum atomic E-state index is 0.378. The van der Waals surface area contributed by atoms with Crippen molar-refractivity contribution in [2.45, 2.75) is 52.7 Å². The van der Waals surface area contributed by atoms with Gasteiger partial charge in [-0.2, -0.15) is 0 Å². The molecular weight excluding hydrogens is 262 g/mol. The van der Waals surface area contributed by atoms with E-state index < -0.39 is 0 Å². The van der Waals surface area contributed by atoms with Gasteiger partial charge in [0.2, 0.25) is 0 Å². The first-order valence-electron chi connectivity index (χ1n) is 8.02. The van der Waals surface area contributed by atoms with Gasteiger partial charge >= 0.3 is 0 Å². The van der Waals surface area contributed by atoms with Crippen LogP contribution in [0.5, 0.6) is 5.75 Å². The van der Waals surface area contributed by atoms with Crippen molar-refractivity contribution in [3.63, 3.8) is 0 Å². The number of hydrogen-bond donors (Lipinski definition) is 1. The smallest absolute Gasteiger partial charge is 0.119 e. The van der Waals surface area contributed by atoms with Crippen molar-refractivity contribution in [2.24, 2.45) is 17.1 Å². The van der Waals surface area contributed by atoms with Crippen LogP contribution in [0, 0.1) is 11.3 Å². The molecule has 0 bridgehead atoms. The van der Waals surface area contributed by atoms with Crippen LogP contribution in [-0.2, 0) is 11.3 Å². The van der Waals surface area contributed by atoms with E-state index in [1.54, 1.807) is 0 Å². The maximum absolute atomic E-state index is 6.02. The minimum Gasteiger partial charge on any atom is -0.491 e. The molecule has 1 fully saturated rings. The van der Waals surface area contributed by atoms with E-state index in [2.05, 4.69) is 20.8 Å². The molecule has 2 N–H and O–H groups in total. The molecule has 0 amide bonds. The lowest BCUT2D eigenvalue weighted by molar-refractivity contribution is -0.0317. The van der Waals surface area contributed by atoms with Crippen molar-refractivity contribution in [2.75, 3.05) is 13.2 Å². The molecule has 2 atom stereocenters. The van der Waals surface area contributed by atoms with Gasteiger partial charge in [0.25, 0.3) is 0 Å². The predicted octanol–water partition coefficient (Wildman–Crippen LogP) is 3.76. The Hall–Kier alpha value is -1.06. The maximum atomic E-state index is 6.02. The van der Waals surface area contributed by atoms with Gasteiger partial charge in [-0.1, -0.05) is 32.9 Å². The van der Waals surface area contributed by atoms with Gasteiger partial charge < -0.3 is 15.2 Å². The van der Waals surface area contributed by atoms with Crippen LogP contribution in [0.15, 0.2) is 24.3 Å². The summed E-state index contributed by atoms with van der Waals surface area (Å²) in [5.74, 6) is 1.62. The van der Waals surface area contributed by atoms with Gasteiger partial charge in [-0.3, -0.25) is 0 Å². The van der Waals surface area contributed by atoms with E-state index in [4.69, 9.17) is 15.2 Å². The Kier molecular flexibility index (Phi) is 5.65. The first-order chi connectivity index (χ1) is 9.98. The Bertz CT molecular complexity index is 445. The lowest BCUT2D eigenvalue weighted by atomic mass is 9.71. The van der Waals surface area contributed by atoms with Gasteiger partial charge in [-0.05, 0) is 48.3 Å². The highest BCUT2D eigenvalue weighted by molar-refractivity contribution is 5.28. The predicted molar refractivity (Wildman–Crippen MR) is 86.4 cm³/mol. The van der Waals surface area contributed by atoms with Crippen LogP contribution in [0.3, 0.4) is 0 Å². The molecule has 0 aliphatic heterocycles.